The van der Waals surface area contributed by atoms with E-state index in [1.54, 1.807) is 12.0 Å². The quantitative estimate of drug-likeness (QED) is 0.732. The highest BCUT2D eigenvalue weighted by Gasteiger charge is 2.40. The van der Waals surface area contributed by atoms with Gasteiger partial charge in [0.25, 0.3) is 0 Å². The van der Waals surface area contributed by atoms with E-state index in [4.69, 9.17) is 4.74 Å². The number of carbonyl (C=O) groups excluding carboxylic acids is 2. The molecule has 2 amide bonds. The molecule has 2 atom stereocenters. The van der Waals surface area contributed by atoms with Crippen LogP contribution in [-0.4, -0.2) is 43.5 Å². The van der Waals surface area contributed by atoms with E-state index in [2.05, 4.69) is 0 Å². The Morgan fingerprint density at radius 1 is 1.10 bits per heavy atom. The third-order valence-electron chi connectivity index (χ3n) is 6.05. The van der Waals surface area contributed by atoms with E-state index in [9.17, 15) is 22.8 Å². The predicted octanol–water partition coefficient (Wildman–Crippen LogP) is 4.08. The van der Waals surface area contributed by atoms with Crippen LogP contribution in [0.5, 0.6) is 5.75 Å². The number of amides is 2. The van der Waals surface area contributed by atoms with Crippen LogP contribution in [0.15, 0.2) is 48.5 Å². The zero-order valence-corrected chi connectivity index (χ0v) is 17.1. The standard InChI is InChI=1S/C23H23F3N2O3/c1-31-20-7-5-15(6-8-20)16-9-10-27(13-16)22(30)17-11-21(29)28(14-17)19-4-2-3-18(12-19)23(24,25)26/h2-8,12,16-17H,9-11,13-14H2,1H3. The zero-order valence-electron chi connectivity index (χ0n) is 17.1. The maximum Gasteiger partial charge on any atom is 0.416 e. The summed E-state index contributed by atoms with van der Waals surface area (Å²) in [7, 11) is 1.61. The number of rotatable bonds is 4. The first-order valence-corrected chi connectivity index (χ1v) is 10.2. The number of hydrogen-bond donors (Lipinski definition) is 0. The van der Waals surface area contributed by atoms with Crippen molar-refractivity contribution in [2.45, 2.75) is 24.9 Å². The van der Waals surface area contributed by atoms with Gasteiger partial charge in [-0.2, -0.15) is 13.2 Å². The minimum atomic E-state index is -4.49. The topological polar surface area (TPSA) is 49.9 Å². The number of carbonyl (C=O) groups is 2. The lowest BCUT2D eigenvalue weighted by atomic mass is 9.98. The average molecular weight is 432 g/mol. The van der Waals surface area contributed by atoms with Crippen LogP contribution < -0.4 is 9.64 Å². The largest absolute Gasteiger partial charge is 0.497 e. The highest BCUT2D eigenvalue weighted by molar-refractivity contribution is 6.00. The summed E-state index contributed by atoms with van der Waals surface area (Å²) in [6.07, 6.45) is -3.64. The maximum atomic E-state index is 13.0. The Bertz CT molecular complexity index is 975. The van der Waals surface area contributed by atoms with E-state index in [1.165, 1.54) is 17.0 Å². The summed E-state index contributed by atoms with van der Waals surface area (Å²) in [4.78, 5) is 28.5. The Kier molecular flexibility index (Phi) is 5.64. The third-order valence-corrected chi connectivity index (χ3v) is 6.05. The molecule has 2 aromatic rings. The first-order valence-electron chi connectivity index (χ1n) is 10.2. The fraction of sp³-hybridized carbons (Fsp3) is 0.391. The van der Waals surface area contributed by atoms with E-state index < -0.39 is 17.7 Å². The molecule has 0 aliphatic carbocycles. The minimum absolute atomic E-state index is 0.0127. The molecule has 0 spiro atoms. The molecule has 0 radical (unpaired) electrons. The second kappa shape index (κ2) is 8.24. The molecule has 8 heteroatoms. The second-order valence-electron chi connectivity index (χ2n) is 8.00. The lowest BCUT2D eigenvalue weighted by molar-refractivity contribution is -0.137. The molecule has 31 heavy (non-hydrogen) atoms. The number of anilines is 1. The van der Waals surface area contributed by atoms with Crippen molar-refractivity contribution in [3.05, 3.63) is 59.7 Å². The van der Waals surface area contributed by atoms with Gasteiger partial charge in [0.2, 0.25) is 11.8 Å². The van der Waals surface area contributed by atoms with Gasteiger partial charge in [-0.15, -0.1) is 0 Å². The molecule has 2 saturated heterocycles. The van der Waals surface area contributed by atoms with Crippen LogP contribution in [0.4, 0.5) is 18.9 Å². The van der Waals surface area contributed by atoms with Gasteiger partial charge in [0.1, 0.15) is 5.75 Å². The first-order chi connectivity index (χ1) is 14.8. The van der Waals surface area contributed by atoms with Crippen molar-refractivity contribution in [3.63, 3.8) is 0 Å². The molecule has 2 aliphatic heterocycles. The fourth-order valence-electron chi connectivity index (χ4n) is 4.34. The van der Waals surface area contributed by atoms with Crippen molar-refractivity contribution < 1.29 is 27.5 Å². The lowest BCUT2D eigenvalue weighted by Gasteiger charge is -2.22. The molecule has 2 aromatic carbocycles. The van der Waals surface area contributed by atoms with Crippen molar-refractivity contribution in [2.75, 3.05) is 31.6 Å². The lowest BCUT2D eigenvalue weighted by Crippen LogP contribution is -2.35. The summed E-state index contributed by atoms with van der Waals surface area (Å²) in [6, 6.07) is 12.4. The SMILES string of the molecule is COc1ccc(C2CCN(C(=O)C3CC(=O)N(c4cccc(C(F)(F)F)c4)C3)C2)cc1. The Morgan fingerprint density at radius 3 is 2.52 bits per heavy atom. The van der Waals surface area contributed by atoms with Crippen LogP contribution in [0.1, 0.15) is 29.9 Å². The summed E-state index contributed by atoms with van der Waals surface area (Å²) in [5, 5.41) is 0. The van der Waals surface area contributed by atoms with Crippen molar-refractivity contribution in [3.8, 4) is 5.75 Å². The van der Waals surface area contributed by atoms with Crippen molar-refractivity contribution in [1.82, 2.24) is 4.90 Å². The van der Waals surface area contributed by atoms with Gasteiger partial charge in [-0.05, 0) is 42.3 Å². The van der Waals surface area contributed by atoms with Crippen LogP contribution >= 0.6 is 0 Å². The molecule has 0 saturated carbocycles. The van der Waals surface area contributed by atoms with E-state index in [-0.39, 0.29) is 36.4 Å². The average Bonchev–Trinajstić information content (AvgIpc) is 3.40. The molecule has 2 aliphatic rings. The van der Waals surface area contributed by atoms with Crippen LogP contribution in [0.2, 0.25) is 0 Å². The summed E-state index contributed by atoms with van der Waals surface area (Å²) < 4.78 is 44.2. The summed E-state index contributed by atoms with van der Waals surface area (Å²) >= 11 is 0. The highest BCUT2D eigenvalue weighted by Crippen LogP contribution is 2.35. The van der Waals surface area contributed by atoms with Crippen molar-refractivity contribution in [1.29, 1.82) is 0 Å². The number of hydrogen-bond acceptors (Lipinski definition) is 3. The van der Waals surface area contributed by atoms with Crippen molar-refractivity contribution >= 4 is 17.5 Å². The number of ether oxygens (including phenoxy) is 1. The fourth-order valence-corrected chi connectivity index (χ4v) is 4.34. The Morgan fingerprint density at radius 2 is 1.84 bits per heavy atom. The molecule has 4 rings (SSSR count). The van der Waals surface area contributed by atoms with Gasteiger partial charge in [-0.3, -0.25) is 9.59 Å². The molecule has 0 bridgehead atoms. The molecular weight excluding hydrogens is 409 g/mol. The number of alkyl halides is 3. The summed E-state index contributed by atoms with van der Waals surface area (Å²) in [5.74, 6) is -0.000522. The zero-order chi connectivity index (χ0) is 22.2. The van der Waals surface area contributed by atoms with Gasteiger partial charge in [0.05, 0.1) is 18.6 Å². The first kappa shape index (κ1) is 21.2. The Balaban J connectivity index is 1.42. The van der Waals surface area contributed by atoms with Crippen LogP contribution in [0.3, 0.4) is 0 Å². The Hall–Kier alpha value is -3.03. The molecule has 0 aromatic heterocycles. The number of methoxy groups -OCH3 is 1. The maximum absolute atomic E-state index is 13.0. The van der Waals surface area contributed by atoms with Gasteiger partial charge in [-0.25, -0.2) is 0 Å². The van der Waals surface area contributed by atoms with Gasteiger partial charge in [0, 0.05) is 37.7 Å². The number of benzene rings is 2. The monoisotopic (exact) mass is 432 g/mol. The van der Waals surface area contributed by atoms with Crippen molar-refractivity contribution in [2.24, 2.45) is 5.92 Å². The summed E-state index contributed by atoms with van der Waals surface area (Å²) in [6.45, 7) is 1.27. The van der Waals surface area contributed by atoms with Gasteiger partial charge < -0.3 is 14.5 Å². The van der Waals surface area contributed by atoms with E-state index in [0.717, 1.165) is 29.9 Å². The second-order valence-corrected chi connectivity index (χ2v) is 8.00. The van der Waals surface area contributed by atoms with Crippen LogP contribution in [0, 0.1) is 5.92 Å². The molecule has 164 valence electrons. The molecule has 2 fully saturated rings. The normalized spacial score (nSPS) is 21.6. The minimum Gasteiger partial charge on any atom is -0.497 e. The summed E-state index contributed by atoms with van der Waals surface area (Å²) in [5.41, 5.74) is 0.492. The molecule has 5 nitrogen and oxygen atoms in total. The van der Waals surface area contributed by atoms with Gasteiger partial charge >= 0.3 is 6.18 Å². The smallest absolute Gasteiger partial charge is 0.416 e. The number of nitrogens with zero attached hydrogens (tertiary/aromatic N) is 2. The van der Waals surface area contributed by atoms with E-state index >= 15 is 0 Å². The van der Waals surface area contributed by atoms with Gasteiger partial charge in [0.15, 0.2) is 0 Å². The van der Waals surface area contributed by atoms with E-state index in [0.29, 0.717) is 13.1 Å². The van der Waals surface area contributed by atoms with E-state index in [1.807, 2.05) is 24.3 Å². The molecular formula is C23H23F3N2O3. The third kappa shape index (κ3) is 4.38. The van der Waals surface area contributed by atoms with Crippen LogP contribution in [-0.2, 0) is 15.8 Å². The predicted molar refractivity (Wildman–Crippen MR) is 109 cm³/mol. The molecule has 0 N–H and O–H groups in total. The Labute approximate surface area is 178 Å². The number of halogens is 3. The molecule has 2 heterocycles. The number of likely N-dealkylation sites (tertiary alicyclic amines) is 1. The molecule has 2 unspecified atom stereocenters. The van der Waals surface area contributed by atoms with Gasteiger partial charge in [-0.1, -0.05) is 18.2 Å². The van der Waals surface area contributed by atoms with Crippen LogP contribution in [0.25, 0.3) is 0 Å². The highest BCUT2D eigenvalue weighted by atomic mass is 19.4.